The van der Waals surface area contributed by atoms with Gasteiger partial charge in [0.15, 0.2) is 0 Å². The molecule has 5 heterocycles. The predicted octanol–water partition coefficient (Wildman–Crippen LogP) is 5.69. The van der Waals surface area contributed by atoms with Crippen molar-refractivity contribution in [3.05, 3.63) is 76.5 Å². The van der Waals surface area contributed by atoms with Crippen molar-refractivity contribution in [1.82, 2.24) is 29.5 Å². The minimum atomic E-state index is -0.317. The van der Waals surface area contributed by atoms with Gasteiger partial charge in [0.05, 0.1) is 28.2 Å². The third-order valence-electron chi connectivity index (χ3n) is 8.92. The Hall–Kier alpha value is -3.01. The van der Waals surface area contributed by atoms with E-state index in [0.29, 0.717) is 5.15 Å². The van der Waals surface area contributed by atoms with Gasteiger partial charge in [-0.3, -0.25) is 14.3 Å². The van der Waals surface area contributed by atoms with E-state index in [0.717, 1.165) is 29.8 Å². The third-order valence-corrected chi connectivity index (χ3v) is 9.24. The van der Waals surface area contributed by atoms with Crippen molar-refractivity contribution in [3.63, 3.8) is 0 Å². The van der Waals surface area contributed by atoms with Gasteiger partial charge >= 0.3 is 7.12 Å². The molecule has 2 aliphatic carbocycles. The maximum absolute atomic E-state index is 5.93. The molecule has 0 amide bonds. The van der Waals surface area contributed by atoms with Crippen LogP contribution < -0.4 is 5.59 Å². The normalized spacial score (nSPS) is 18.2. The minimum Gasteiger partial charge on any atom is -0.398 e. The Bertz CT molecular complexity index is 1500. The molecule has 0 unspecified atom stereocenters. The van der Waals surface area contributed by atoms with Gasteiger partial charge in [-0.25, -0.2) is 4.98 Å². The highest BCUT2D eigenvalue weighted by atomic mass is 35.5. The maximum Gasteiger partial charge on any atom is 0.514 e. The first-order chi connectivity index (χ1) is 20.1. The van der Waals surface area contributed by atoms with Gasteiger partial charge in [-0.15, -0.1) is 0 Å². The van der Waals surface area contributed by atoms with Crippen molar-refractivity contribution in [2.45, 2.75) is 90.3 Å². The summed E-state index contributed by atoms with van der Waals surface area (Å²) >= 11 is 5.93. The summed E-state index contributed by atoms with van der Waals surface area (Å²) in [6.45, 7) is 8.18. The number of hydrogen-bond acceptors (Lipinski definition) is 6. The molecule has 7 rings (SSSR count). The zero-order chi connectivity index (χ0) is 29.9. The largest absolute Gasteiger partial charge is 0.514 e. The van der Waals surface area contributed by atoms with E-state index < -0.39 is 0 Å². The summed E-state index contributed by atoms with van der Waals surface area (Å²) in [5.74, 6) is 0. The van der Waals surface area contributed by atoms with Crippen LogP contribution in [0, 0.1) is 0 Å². The van der Waals surface area contributed by atoms with Crippen LogP contribution >= 0.6 is 11.6 Å². The van der Waals surface area contributed by atoms with Gasteiger partial charge in [-0.05, 0) is 126 Å². The maximum atomic E-state index is 5.93. The van der Waals surface area contributed by atoms with Gasteiger partial charge < -0.3 is 9.31 Å². The van der Waals surface area contributed by atoms with Crippen molar-refractivity contribution in [3.8, 4) is 11.4 Å². The van der Waals surface area contributed by atoms with Gasteiger partial charge in [0, 0.05) is 38.9 Å². The summed E-state index contributed by atoms with van der Waals surface area (Å²) in [7, 11) is 3.54. The van der Waals surface area contributed by atoms with Crippen LogP contribution in [0.2, 0.25) is 5.15 Å². The fourth-order valence-electron chi connectivity index (χ4n) is 5.69. The predicted molar refractivity (Wildman–Crippen MR) is 168 cm³/mol. The second-order valence-electron chi connectivity index (χ2n) is 12.3. The van der Waals surface area contributed by atoms with E-state index in [1.165, 1.54) is 60.8 Å². The zero-order valence-electron chi connectivity index (χ0n) is 25.7. The van der Waals surface area contributed by atoms with Crippen molar-refractivity contribution in [2.24, 2.45) is 14.1 Å². The van der Waals surface area contributed by atoms with Crippen LogP contribution in [0.1, 0.15) is 75.6 Å². The van der Waals surface area contributed by atoms with Crippen LogP contribution in [-0.4, -0.2) is 47.8 Å². The first-order valence-electron chi connectivity index (χ1n) is 15.0. The number of rotatable bonds is 2. The third kappa shape index (κ3) is 6.48. The lowest BCUT2D eigenvalue weighted by Crippen LogP contribution is -2.41. The summed E-state index contributed by atoms with van der Waals surface area (Å²) in [6.07, 6.45) is 17.1. The van der Waals surface area contributed by atoms with Crippen LogP contribution in [0.4, 0.5) is 0 Å². The average Bonchev–Trinajstić information content (AvgIpc) is 3.66. The molecule has 4 aromatic rings. The smallest absolute Gasteiger partial charge is 0.398 e. The Kier molecular flexibility index (Phi) is 9.21. The molecule has 8 nitrogen and oxygen atoms in total. The average molecular weight is 589 g/mol. The number of aryl methyl sites for hydroxylation is 4. The summed E-state index contributed by atoms with van der Waals surface area (Å²) in [4.78, 5) is 8.59. The van der Waals surface area contributed by atoms with Crippen LogP contribution in [0.25, 0.3) is 11.4 Å². The molecule has 0 N–H and O–H groups in total. The molecule has 0 bridgehead atoms. The number of hydrogen-bond donors (Lipinski definition) is 0. The van der Waals surface area contributed by atoms with Gasteiger partial charge in [0.2, 0.25) is 0 Å². The fraction of sp³-hybridized carbons (Fsp3) is 0.500. The zero-order valence-corrected chi connectivity index (χ0v) is 26.5. The quantitative estimate of drug-likeness (QED) is 0.221. The standard InChI is InChI=1S/C13H15N3.C10H17BN2O2.C9H10ClN/c1-16-12(7-9-15-16)13-11-5-3-2-4-10(11)6-8-14-13;1-9(2)10(3,4)15-11(14-9)8-6-7-12-13(8)5;10-9-8-4-2-1-3-7(8)5-6-11-9/h6-9H,2-5H2,1H3;6-7H,1-5H3;5-6H,1-4H2. The molecule has 0 radical (unpaired) electrons. The molecule has 0 spiro atoms. The van der Waals surface area contributed by atoms with E-state index in [1.807, 2.05) is 71.0 Å². The highest BCUT2D eigenvalue weighted by Crippen LogP contribution is 2.36. The highest BCUT2D eigenvalue weighted by molar-refractivity contribution is 6.61. The number of fused-ring (bicyclic) bond motifs is 2. The Labute approximate surface area is 255 Å². The molecule has 0 atom stereocenters. The lowest BCUT2D eigenvalue weighted by molar-refractivity contribution is 0.00578. The van der Waals surface area contributed by atoms with Crippen LogP contribution in [-0.2, 0) is 49.1 Å². The molecule has 1 fully saturated rings. The Morgan fingerprint density at radius 3 is 1.81 bits per heavy atom. The van der Waals surface area contributed by atoms with E-state index in [-0.39, 0.29) is 18.3 Å². The van der Waals surface area contributed by atoms with Gasteiger partial charge in [0.25, 0.3) is 0 Å². The van der Waals surface area contributed by atoms with E-state index in [1.54, 1.807) is 17.1 Å². The molecular weight excluding hydrogens is 547 g/mol. The van der Waals surface area contributed by atoms with Crippen molar-refractivity contribution in [2.75, 3.05) is 0 Å². The lowest BCUT2D eigenvalue weighted by Gasteiger charge is -2.32. The molecule has 10 heteroatoms. The van der Waals surface area contributed by atoms with Crippen LogP contribution in [0.3, 0.4) is 0 Å². The lowest BCUT2D eigenvalue weighted by atomic mass is 9.85. The SMILES string of the molecule is Clc1nccc2c1CCCC2.Cn1nccc1-c1nccc2c1CCCC2.Cn1nccc1B1OC(C)(C)C(C)(C)O1. The molecule has 42 heavy (non-hydrogen) atoms. The number of halogens is 1. The topological polar surface area (TPSA) is 79.9 Å². The number of pyridine rings is 2. The molecule has 3 aliphatic rings. The second-order valence-corrected chi connectivity index (χ2v) is 12.6. The molecule has 0 saturated carbocycles. The first-order valence-corrected chi connectivity index (χ1v) is 15.4. The van der Waals surface area contributed by atoms with Gasteiger partial charge in [0.1, 0.15) is 5.15 Å². The first kappa shape index (κ1) is 30.5. The summed E-state index contributed by atoms with van der Waals surface area (Å²) < 4.78 is 15.5. The minimum absolute atomic E-state index is 0.290. The van der Waals surface area contributed by atoms with Crippen LogP contribution in [0.5, 0.6) is 0 Å². The Balaban J connectivity index is 0.000000128. The van der Waals surface area contributed by atoms with Crippen molar-refractivity contribution < 1.29 is 9.31 Å². The number of aromatic nitrogens is 6. The Morgan fingerprint density at radius 1 is 0.690 bits per heavy atom. The van der Waals surface area contributed by atoms with E-state index in [9.17, 15) is 0 Å². The monoisotopic (exact) mass is 588 g/mol. The molecule has 222 valence electrons. The van der Waals surface area contributed by atoms with E-state index in [2.05, 4.69) is 32.3 Å². The van der Waals surface area contributed by atoms with Crippen molar-refractivity contribution in [1.29, 1.82) is 0 Å². The summed E-state index contributed by atoms with van der Waals surface area (Å²) in [6, 6.07) is 8.20. The molecule has 1 aliphatic heterocycles. The van der Waals surface area contributed by atoms with Gasteiger partial charge in [-0.2, -0.15) is 10.2 Å². The molecule has 1 saturated heterocycles. The molecule has 0 aromatic carbocycles. The summed E-state index contributed by atoms with van der Waals surface area (Å²) in [5.41, 5.74) is 8.19. The van der Waals surface area contributed by atoms with Crippen LogP contribution in [0.15, 0.2) is 49.1 Å². The second kappa shape index (κ2) is 12.7. The van der Waals surface area contributed by atoms with Gasteiger partial charge in [-0.1, -0.05) is 11.6 Å². The molecular formula is C32H42BClN6O2. The van der Waals surface area contributed by atoms with E-state index in [4.69, 9.17) is 20.9 Å². The highest BCUT2D eigenvalue weighted by Gasteiger charge is 2.52. The number of nitrogens with zero attached hydrogens (tertiary/aromatic N) is 6. The van der Waals surface area contributed by atoms with Crippen molar-refractivity contribution >= 4 is 24.3 Å². The molecule has 4 aromatic heterocycles. The van der Waals surface area contributed by atoms with E-state index >= 15 is 0 Å². The summed E-state index contributed by atoms with van der Waals surface area (Å²) in [5, 5.41) is 9.04. The Morgan fingerprint density at radius 2 is 1.24 bits per heavy atom. The fourth-order valence-corrected chi connectivity index (χ4v) is 5.96.